The van der Waals surface area contributed by atoms with Crippen molar-refractivity contribution in [3.05, 3.63) is 71.0 Å². The Bertz CT molecular complexity index is 769. The highest BCUT2D eigenvalue weighted by atomic mass is 32.2. The zero-order valence-corrected chi connectivity index (χ0v) is 13.5. The molecule has 0 atom stereocenters. The summed E-state index contributed by atoms with van der Waals surface area (Å²) in [6.07, 6.45) is 0. The Morgan fingerprint density at radius 3 is 2.12 bits per heavy atom. The van der Waals surface area contributed by atoms with Crippen molar-refractivity contribution in [2.75, 3.05) is 18.1 Å². The summed E-state index contributed by atoms with van der Waals surface area (Å²) in [5.41, 5.74) is 1.30. The number of carbonyl (C=O) groups is 3. The number of thioether (sulfide) groups is 1. The van der Waals surface area contributed by atoms with Crippen molar-refractivity contribution in [2.24, 2.45) is 0 Å². The van der Waals surface area contributed by atoms with Gasteiger partial charge in [-0.05, 0) is 36.4 Å². The van der Waals surface area contributed by atoms with E-state index in [0.717, 1.165) is 0 Å². The number of halogens is 1. The highest BCUT2D eigenvalue weighted by Gasteiger charge is 2.34. The van der Waals surface area contributed by atoms with Crippen LogP contribution in [0, 0.1) is 5.82 Å². The van der Waals surface area contributed by atoms with Crippen LogP contribution in [0.4, 0.5) is 4.39 Å². The third-order valence-electron chi connectivity index (χ3n) is 3.74. The minimum Gasteiger partial charge on any atom is -0.293 e. The molecule has 0 aliphatic carbocycles. The van der Waals surface area contributed by atoms with E-state index in [1.54, 1.807) is 24.3 Å². The number of ketones is 1. The molecule has 0 radical (unpaired) electrons. The molecule has 1 aliphatic heterocycles. The van der Waals surface area contributed by atoms with Gasteiger partial charge in [0.05, 0.1) is 16.9 Å². The Morgan fingerprint density at radius 1 is 0.958 bits per heavy atom. The lowest BCUT2D eigenvalue weighted by Gasteiger charge is -2.13. The number of hydrogen-bond acceptors (Lipinski definition) is 4. The molecule has 24 heavy (non-hydrogen) atoms. The first-order valence-electron chi connectivity index (χ1n) is 7.39. The number of rotatable bonds is 6. The van der Waals surface area contributed by atoms with Gasteiger partial charge in [0.15, 0.2) is 5.78 Å². The topological polar surface area (TPSA) is 54.5 Å². The molecule has 0 N–H and O–H groups in total. The molecule has 122 valence electrons. The summed E-state index contributed by atoms with van der Waals surface area (Å²) in [6, 6.07) is 12.1. The smallest absolute Gasteiger partial charge is 0.261 e. The van der Waals surface area contributed by atoms with Crippen LogP contribution in [0.15, 0.2) is 48.5 Å². The monoisotopic (exact) mass is 343 g/mol. The van der Waals surface area contributed by atoms with Crippen LogP contribution in [0.2, 0.25) is 0 Å². The first kappa shape index (κ1) is 16.4. The van der Waals surface area contributed by atoms with Crippen LogP contribution in [-0.4, -0.2) is 40.5 Å². The predicted molar refractivity (Wildman–Crippen MR) is 89.9 cm³/mol. The van der Waals surface area contributed by atoms with Gasteiger partial charge in [0.2, 0.25) is 0 Å². The van der Waals surface area contributed by atoms with E-state index in [2.05, 4.69) is 0 Å². The summed E-state index contributed by atoms with van der Waals surface area (Å²) in [7, 11) is 0. The number of nitrogens with zero attached hydrogens (tertiary/aromatic N) is 1. The largest absolute Gasteiger partial charge is 0.293 e. The molecule has 0 bridgehead atoms. The third kappa shape index (κ3) is 3.23. The number of benzene rings is 2. The minimum absolute atomic E-state index is 0.109. The maximum atomic E-state index is 12.8. The van der Waals surface area contributed by atoms with Crippen LogP contribution in [0.5, 0.6) is 0 Å². The van der Waals surface area contributed by atoms with Crippen molar-refractivity contribution in [2.45, 2.75) is 0 Å². The first-order chi connectivity index (χ1) is 11.6. The Morgan fingerprint density at radius 2 is 1.54 bits per heavy atom. The molecule has 0 aromatic heterocycles. The minimum atomic E-state index is -0.384. The first-order valence-corrected chi connectivity index (χ1v) is 8.55. The van der Waals surface area contributed by atoms with Gasteiger partial charge in [-0.3, -0.25) is 19.3 Å². The van der Waals surface area contributed by atoms with E-state index in [1.165, 1.54) is 40.9 Å². The second kappa shape index (κ2) is 6.97. The summed E-state index contributed by atoms with van der Waals surface area (Å²) in [6.45, 7) is 0.258. The molecule has 6 heteroatoms. The maximum Gasteiger partial charge on any atom is 0.261 e. The lowest BCUT2D eigenvalue weighted by Crippen LogP contribution is -2.32. The van der Waals surface area contributed by atoms with Crippen LogP contribution >= 0.6 is 11.8 Å². The quantitative estimate of drug-likeness (QED) is 0.460. The molecule has 0 unspecified atom stereocenters. The van der Waals surface area contributed by atoms with Crippen molar-refractivity contribution in [3.63, 3.8) is 0 Å². The Hall–Kier alpha value is -2.47. The normalized spacial score (nSPS) is 13.3. The van der Waals surface area contributed by atoms with E-state index < -0.39 is 0 Å². The molecular weight excluding hydrogens is 329 g/mol. The molecule has 0 fully saturated rings. The number of hydrogen-bond donors (Lipinski definition) is 0. The number of imide groups is 1. The molecular formula is C18H14FNO3S. The zero-order chi connectivity index (χ0) is 17.1. The van der Waals surface area contributed by atoms with E-state index in [1.807, 2.05) is 0 Å². The van der Waals surface area contributed by atoms with E-state index in [0.29, 0.717) is 22.4 Å². The molecule has 1 heterocycles. The van der Waals surface area contributed by atoms with Crippen molar-refractivity contribution in [3.8, 4) is 0 Å². The van der Waals surface area contributed by atoms with Crippen LogP contribution in [0.3, 0.4) is 0 Å². The average Bonchev–Trinajstić information content (AvgIpc) is 2.84. The summed E-state index contributed by atoms with van der Waals surface area (Å²) in [5, 5.41) is 0. The van der Waals surface area contributed by atoms with Gasteiger partial charge < -0.3 is 0 Å². The van der Waals surface area contributed by atoms with Crippen LogP contribution in [0.25, 0.3) is 0 Å². The SMILES string of the molecule is O=C(CSCCN1C(=O)c2ccccc2C1=O)c1ccc(F)cc1. The molecule has 1 aliphatic rings. The van der Waals surface area contributed by atoms with Crippen molar-refractivity contribution < 1.29 is 18.8 Å². The molecule has 2 aromatic carbocycles. The fourth-order valence-corrected chi connectivity index (χ4v) is 3.29. The highest BCUT2D eigenvalue weighted by molar-refractivity contribution is 8.00. The molecule has 2 amide bonds. The van der Waals surface area contributed by atoms with Crippen LogP contribution < -0.4 is 0 Å². The lowest BCUT2D eigenvalue weighted by molar-refractivity contribution is 0.0664. The highest BCUT2D eigenvalue weighted by Crippen LogP contribution is 2.22. The molecule has 0 saturated carbocycles. The second-order valence-corrected chi connectivity index (χ2v) is 6.40. The lowest BCUT2D eigenvalue weighted by atomic mass is 10.1. The van der Waals surface area contributed by atoms with Crippen molar-refractivity contribution in [1.82, 2.24) is 4.90 Å². The predicted octanol–water partition coefficient (Wildman–Crippen LogP) is 3.04. The zero-order valence-electron chi connectivity index (χ0n) is 12.7. The maximum absolute atomic E-state index is 12.8. The van der Waals surface area contributed by atoms with Gasteiger partial charge in [-0.2, -0.15) is 11.8 Å². The summed E-state index contributed by atoms with van der Waals surface area (Å²) < 4.78 is 12.8. The summed E-state index contributed by atoms with van der Waals surface area (Å²) >= 11 is 1.34. The van der Waals surface area contributed by atoms with E-state index in [-0.39, 0.29) is 35.7 Å². The third-order valence-corrected chi connectivity index (χ3v) is 4.67. The van der Waals surface area contributed by atoms with Gasteiger partial charge >= 0.3 is 0 Å². The number of Topliss-reactive ketones (excluding diaryl/α,β-unsaturated/α-hetero) is 1. The van der Waals surface area contributed by atoms with Gasteiger partial charge in [-0.1, -0.05) is 12.1 Å². The van der Waals surface area contributed by atoms with Crippen LogP contribution in [0.1, 0.15) is 31.1 Å². The van der Waals surface area contributed by atoms with Gasteiger partial charge in [0.1, 0.15) is 5.82 Å². The van der Waals surface area contributed by atoms with E-state index in [4.69, 9.17) is 0 Å². The van der Waals surface area contributed by atoms with Crippen molar-refractivity contribution >= 4 is 29.4 Å². The summed E-state index contributed by atoms with van der Waals surface area (Å²) in [4.78, 5) is 37.5. The molecule has 0 saturated heterocycles. The molecule has 0 spiro atoms. The standard InChI is InChI=1S/C18H14FNO3S/c19-13-7-5-12(6-8-13)16(21)11-24-10-9-20-17(22)14-3-1-2-4-15(14)18(20)23/h1-8H,9-11H2. The van der Waals surface area contributed by atoms with Gasteiger partial charge in [-0.15, -0.1) is 0 Å². The fraction of sp³-hybridized carbons (Fsp3) is 0.167. The second-order valence-electron chi connectivity index (χ2n) is 5.29. The van der Waals surface area contributed by atoms with E-state index >= 15 is 0 Å². The Kier molecular flexibility index (Phi) is 4.76. The molecule has 3 rings (SSSR count). The fourth-order valence-electron chi connectivity index (χ4n) is 2.48. The van der Waals surface area contributed by atoms with Gasteiger partial charge in [-0.25, -0.2) is 4.39 Å². The Balaban J connectivity index is 1.51. The van der Waals surface area contributed by atoms with Gasteiger partial charge in [0, 0.05) is 17.9 Å². The molecule has 4 nitrogen and oxygen atoms in total. The summed E-state index contributed by atoms with van der Waals surface area (Å²) in [5.74, 6) is -0.387. The average molecular weight is 343 g/mol. The van der Waals surface area contributed by atoms with Crippen LogP contribution in [-0.2, 0) is 0 Å². The Labute approximate surface area is 142 Å². The molecule has 2 aromatic rings. The van der Waals surface area contributed by atoms with E-state index in [9.17, 15) is 18.8 Å². The van der Waals surface area contributed by atoms with Crippen molar-refractivity contribution in [1.29, 1.82) is 0 Å². The number of amides is 2. The number of carbonyl (C=O) groups excluding carboxylic acids is 3. The number of fused-ring (bicyclic) bond motifs is 1. The van der Waals surface area contributed by atoms with Gasteiger partial charge in [0.25, 0.3) is 11.8 Å².